The number of carbonyl (C=O) groups excluding carboxylic acids is 1. The predicted molar refractivity (Wildman–Crippen MR) is 91.0 cm³/mol. The minimum absolute atomic E-state index is 0.0357. The van der Waals surface area contributed by atoms with Crippen LogP contribution in [-0.2, 0) is 16.0 Å². The van der Waals surface area contributed by atoms with Crippen molar-refractivity contribution in [2.24, 2.45) is 0 Å². The number of nitrogens with one attached hydrogen (secondary N) is 2. The molecule has 128 valence electrons. The van der Waals surface area contributed by atoms with E-state index in [4.69, 9.17) is 10.4 Å². The van der Waals surface area contributed by atoms with Gasteiger partial charge in [0.1, 0.15) is 11.6 Å². The summed E-state index contributed by atoms with van der Waals surface area (Å²) in [4.78, 5) is 22.2. The molecule has 24 heavy (non-hydrogen) atoms. The lowest BCUT2D eigenvalue weighted by atomic mass is 10.1. The van der Waals surface area contributed by atoms with Crippen LogP contribution in [0.4, 0.5) is 0 Å². The highest BCUT2D eigenvalue weighted by molar-refractivity contribution is 5.97. The molecular formula is C18H23N3O3. The maximum Gasteiger partial charge on any atom is 0.303 e. The van der Waals surface area contributed by atoms with Crippen LogP contribution in [0.25, 0.3) is 0 Å². The Bertz CT molecular complexity index is 591. The van der Waals surface area contributed by atoms with Crippen LogP contribution < -0.4 is 10.6 Å². The summed E-state index contributed by atoms with van der Waals surface area (Å²) in [5, 5.41) is 23.2. The molecule has 3 N–H and O–H groups in total. The second kappa shape index (κ2) is 11.7. The quantitative estimate of drug-likeness (QED) is 0.327. The van der Waals surface area contributed by atoms with Gasteiger partial charge < -0.3 is 15.7 Å². The van der Waals surface area contributed by atoms with E-state index in [0.717, 1.165) is 12.8 Å². The number of hydrogen-bond donors (Lipinski definition) is 3. The van der Waals surface area contributed by atoms with Crippen molar-refractivity contribution in [3.8, 4) is 6.07 Å². The van der Waals surface area contributed by atoms with E-state index in [1.807, 2.05) is 36.4 Å². The zero-order valence-corrected chi connectivity index (χ0v) is 13.6. The van der Waals surface area contributed by atoms with E-state index in [2.05, 4.69) is 10.6 Å². The number of amides is 1. The average molecular weight is 329 g/mol. The number of carboxylic acid groups (broad SMARTS) is 1. The van der Waals surface area contributed by atoms with E-state index < -0.39 is 11.9 Å². The molecule has 1 aromatic rings. The molecule has 1 aromatic carbocycles. The van der Waals surface area contributed by atoms with E-state index >= 15 is 0 Å². The molecule has 0 saturated carbocycles. The molecule has 0 aliphatic heterocycles. The lowest BCUT2D eigenvalue weighted by molar-refractivity contribution is -0.137. The Kier molecular flexibility index (Phi) is 9.39. The number of unbranched alkanes of at least 4 members (excludes halogenated alkanes) is 2. The van der Waals surface area contributed by atoms with Crippen LogP contribution in [0.3, 0.4) is 0 Å². The third-order valence-electron chi connectivity index (χ3n) is 3.37. The van der Waals surface area contributed by atoms with Crippen molar-refractivity contribution in [3.05, 3.63) is 47.7 Å². The zero-order chi connectivity index (χ0) is 17.6. The van der Waals surface area contributed by atoms with Gasteiger partial charge in [-0.3, -0.25) is 9.59 Å². The first-order valence-electron chi connectivity index (χ1n) is 8.01. The van der Waals surface area contributed by atoms with Crippen molar-refractivity contribution < 1.29 is 14.7 Å². The molecule has 0 radical (unpaired) electrons. The first kappa shape index (κ1) is 19.2. The van der Waals surface area contributed by atoms with Gasteiger partial charge in [-0.05, 0) is 24.8 Å². The van der Waals surface area contributed by atoms with E-state index in [9.17, 15) is 9.59 Å². The highest BCUT2D eigenvalue weighted by Gasteiger charge is 2.07. The standard InChI is InChI=1S/C18H23N3O3/c19-13-16(14-20-12-10-15-7-3-1-4-8-15)18(24)21-11-6-2-5-9-17(22)23/h1,3-4,7-8,14,20H,2,5-6,9-12H2,(H,21,24)(H,22,23)/b16-14-. The van der Waals surface area contributed by atoms with Crippen molar-refractivity contribution in [3.63, 3.8) is 0 Å². The third kappa shape index (κ3) is 8.59. The largest absolute Gasteiger partial charge is 0.481 e. The summed E-state index contributed by atoms with van der Waals surface area (Å²) in [5.74, 6) is -1.22. The third-order valence-corrected chi connectivity index (χ3v) is 3.37. The SMILES string of the molecule is N#C/C(=C/NCCc1ccccc1)C(=O)NCCCCCC(=O)O. The highest BCUT2D eigenvalue weighted by atomic mass is 16.4. The Balaban J connectivity index is 2.22. The van der Waals surface area contributed by atoms with Gasteiger partial charge in [0.25, 0.3) is 5.91 Å². The Morgan fingerprint density at radius 1 is 1.12 bits per heavy atom. The van der Waals surface area contributed by atoms with Crippen LogP contribution in [0.15, 0.2) is 42.1 Å². The number of aliphatic carboxylic acids is 1. The number of nitrogens with zero attached hydrogens (tertiary/aromatic N) is 1. The molecular weight excluding hydrogens is 306 g/mol. The number of nitriles is 1. The molecule has 0 bridgehead atoms. The number of carbonyl (C=O) groups is 2. The smallest absolute Gasteiger partial charge is 0.303 e. The molecule has 0 unspecified atom stereocenters. The van der Waals surface area contributed by atoms with Crippen molar-refractivity contribution in [2.75, 3.05) is 13.1 Å². The van der Waals surface area contributed by atoms with E-state index in [1.54, 1.807) is 0 Å². The second-order valence-electron chi connectivity index (χ2n) is 5.32. The fraction of sp³-hybridized carbons (Fsp3) is 0.389. The molecule has 6 heteroatoms. The normalized spacial score (nSPS) is 10.7. The van der Waals surface area contributed by atoms with Crippen LogP contribution in [0.1, 0.15) is 31.2 Å². The van der Waals surface area contributed by atoms with Gasteiger partial charge in [0.2, 0.25) is 0 Å². The molecule has 1 rings (SSSR count). The maximum absolute atomic E-state index is 11.8. The van der Waals surface area contributed by atoms with Crippen LogP contribution in [-0.4, -0.2) is 30.1 Å². The van der Waals surface area contributed by atoms with Crippen molar-refractivity contribution in [1.82, 2.24) is 10.6 Å². The minimum Gasteiger partial charge on any atom is -0.481 e. The summed E-state index contributed by atoms with van der Waals surface area (Å²) < 4.78 is 0. The van der Waals surface area contributed by atoms with E-state index in [-0.39, 0.29) is 12.0 Å². The summed E-state index contributed by atoms with van der Waals surface area (Å²) in [6, 6.07) is 11.8. The molecule has 0 aliphatic carbocycles. The topological polar surface area (TPSA) is 102 Å². The van der Waals surface area contributed by atoms with Gasteiger partial charge in [-0.25, -0.2) is 0 Å². The van der Waals surface area contributed by atoms with E-state index in [0.29, 0.717) is 25.9 Å². The second-order valence-corrected chi connectivity index (χ2v) is 5.32. The predicted octanol–water partition coefficient (Wildman–Crippen LogP) is 1.99. The summed E-state index contributed by atoms with van der Waals surface area (Å²) >= 11 is 0. The molecule has 0 aromatic heterocycles. The summed E-state index contributed by atoms with van der Waals surface area (Å²) in [6.07, 6.45) is 4.40. The molecule has 1 amide bonds. The number of benzene rings is 1. The Morgan fingerprint density at radius 3 is 2.54 bits per heavy atom. The molecule has 0 fully saturated rings. The number of hydrogen-bond acceptors (Lipinski definition) is 4. The fourth-order valence-corrected chi connectivity index (χ4v) is 2.06. The van der Waals surface area contributed by atoms with Crippen molar-refractivity contribution >= 4 is 11.9 Å². The number of carboxylic acids is 1. The Morgan fingerprint density at radius 2 is 1.88 bits per heavy atom. The van der Waals surface area contributed by atoms with Gasteiger partial charge in [-0.15, -0.1) is 0 Å². The minimum atomic E-state index is -0.810. The summed E-state index contributed by atoms with van der Waals surface area (Å²) in [6.45, 7) is 1.07. The van der Waals surface area contributed by atoms with Gasteiger partial charge >= 0.3 is 5.97 Å². The van der Waals surface area contributed by atoms with Gasteiger partial charge in [-0.1, -0.05) is 36.8 Å². The van der Waals surface area contributed by atoms with Gasteiger partial charge in [0, 0.05) is 25.7 Å². The molecule has 0 spiro atoms. The maximum atomic E-state index is 11.8. The van der Waals surface area contributed by atoms with Crippen molar-refractivity contribution in [2.45, 2.75) is 32.1 Å². The molecule has 0 aliphatic rings. The Labute approximate surface area is 142 Å². The van der Waals surface area contributed by atoms with Crippen LogP contribution >= 0.6 is 0 Å². The Hall–Kier alpha value is -2.81. The fourth-order valence-electron chi connectivity index (χ4n) is 2.06. The summed E-state index contributed by atoms with van der Waals surface area (Å²) in [7, 11) is 0. The first-order valence-corrected chi connectivity index (χ1v) is 8.01. The first-order chi connectivity index (χ1) is 11.6. The lowest BCUT2D eigenvalue weighted by Gasteiger charge is -2.05. The van der Waals surface area contributed by atoms with Crippen LogP contribution in [0.5, 0.6) is 0 Å². The molecule has 0 saturated heterocycles. The zero-order valence-electron chi connectivity index (χ0n) is 13.6. The van der Waals surface area contributed by atoms with Gasteiger partial charge in [0.05, 0.1) is 0 Å². The van der Waals surface area contributed by atoms with Crippen LogP contribution in [0.2, 0.25) is 0 Å². The lowest BCUT2D eigenvalue weighted by Crippen LogP contribution is -2.27. The van der Waals surface area contributed by atoms with Gasteiger partial charge in [0.15, 0.2) is 0 Å². The highest BCUT2D eigenvalue weighted by Crippen LogP contribution is 2.00. The van der Waals surface area contributed by atoms with Crippen molar-refractivity contribution in [1.29, 1.82) is 5.26 Å². The monoisotopic (exact) mass is 329 g/mol. The van der Waals surface area contributed by atoms with Crippen LogP contribution in [0, 0.1) is 11.3 Å². The summed E-state index contributed by atoms with van der Waals surface area (Å²) in [5.41, 5.74) is 1.22. The molecule has 0 atom stereocenters. The van der Waals surface area contributed by atoms with Gasteiger partial charge in [-0.2, -0.15) is 5.26 Å². The number of rotatable bonds is 11. The van der Waals surface area contributed by atoms with E-state index in [1.165, 1.54) is 11.8 Å². The molecule has 0 heterocycles. The average Bonchev–Trinajstić information content (AvgIpc) is 2.58. The molecule has 6 nitrogen and oxygen atoms in total.